The van der Waals surface area contributed by atoms with Crippen LogP contribution in [0.4, 0.5) is 0 Å². The first-order valence-electron chi connectivity index (χ1n) is 10.8. The van der Waals surface area contributed by atoms with Crippen LogP contribution in [0.2, 0.25) is 10.1 Å². The largest absolute Gasteiger partial charge is 0.273 e. The van der Waals surface area contributed by atoms with Crippen LogP contribution >= 0.6 is 0 Å². The molecule has 2 aromatic rings. The number of fused-ring (bicyclic) bond motifs is 3. The molecule has 0 saturated carbocycles. The summed E-state index contributed by atoms with van der Waals surface area (Å²) < 4.78 is 0. The maximum atomic E-state index is 3.45. The van der Waals surface area contributed by atoms with Gasteiger partial charge in [-0.2, -0.15) is 29.8 Å². The Morgan fingerprint density at radius 3 is 2.00 bits per heavy atom. The van der Waals surface area contributed by atoms with Gasteiger partial charge in [-0.25, -0.2) is 12.2 Å². The second-order valence-corrected chi connectivity index (χ2v) is 17.7. The summed E-state index contributed by atoms with van der Waals surface area (Å²) in [7, 11) is 0. The molecule has 0 atom stereocenters. The standard InChI is InChI=1S/C15H13.C8H18Si.C5H5.Zr/c1-10-3-5-14-12(7-10)9-13-8-11(2)4-6-15(13)14;1-7(2,3)9-8(4,5)6;1-2-4-5-3-1;/h3-7H,9H2,1-2H3;1-6H3;1-3H,4H2;/q-1;;-1;+2. The molecule has 0 spiro atoms. The third kappa shape index (κ3) is 7.31. The molecule has 0 amide bonds. The van der Waals surface area contributed by atoms with Crippen LogP contribution in [0, 0.1) is 26.0 Å². The van der Waals surface area contributed by atoms with Gasteiger partial charge < -0.3 is 0 Å². The Kier molecular flexibility index (Phi) is 8.90. The number of hydrogen-bond donors (Lipinski definition) is 0. The zero-order valence-electron chi connectivity index (χ0n) is 20.0. The third-order valence-corrected chi connectivity index (χ3v) is 19.2. The predicted molar refractivity (Wildman–Crippen MR) is 130 cm³/mol. The van der Waals surface area contributed by atoms with Crippen molar-refractivity contribution in [2.24, 2.45) is 0 Å². The van der Waals surface area contributed by atoms with Crippen LogP contribution < -0.4 is 0 Å². The van der Waals surface area contributed by atoms with Crippen molar-refractivity contribution in [2.45, 2.75) is 78.3 Å². The van der Waals surface area contributed by atoms with E-state index in [2.05, 4.69) is 104 Å². The van der Waals surface area contributed by atoms with Crippen molar-refractivity contribution >= 4 is 5.43 Å². The summed E-state index contributed by atoms with van der Waals surface area (Å²) in [5, 5.41) is 1.17. The maximum Gasteiger partial charge on any atom is -0.0253 e. The van der Waals surface area contributed by atoms with E-state index in [0.29, 0.717) is 10.1 Å². The van der Waals surface area contributed by atoms with Crippen LogP contribution in [0.3, 0.4) is 0 Å². The normalized spacial score (nSPS) is 13.7. The molecular formula is C28H36SiZr. The number of allylic oxidation sites excluding steroid dienone is 4. The molecule has 0 N–H and O–H groups in total. The van der Waals surface area contributed by atoms with E-state index in [1.807, 2.05) is 12.2 Å². The fourth-order valence-electron chi connectivity index (χ4n) is 3.83. The second-order valence-electron chi connectivity index (χ2n) is 10.2. The molecular weight excluding hydrogens is 456 g/mol. The Labute approximate surface area is 200 Å². The van der Waals surface area contributed by atoms with Gasteiger partial charge in [-0.3, -0.25) is 6.08 Å². The van der Waals surface area contributed by atoms with Gasteiger partial charge in [-0.05, 0) is 18.9 Å². The van der Waals surface area contributed by atoms with Gasteiger partial charge in [0.05, 0.1) is 0 Å². The van der Waals surface area contributed by atoms with E-state index in [9.17, 15) is 0 Å². The van der Waals surface area contributed by atoms with E-state index in [-0.39, 0.29) is 5.43 Å². The van der Waals surface area contributed by atoms with Gasteiger partial charge in [0.25, 0.3) is 0 Å². The second kappa shape index (κ2) is 10.6. The first kappa shape index (κ1) is 25.3. The average Bonchev–Trinajstić information content (AvgIpc) is 3.30. The summed E-state index contributed by atoms with van der Waals surface area (Å²) in [4.78, 5) is 0. The Hall–Kier alpha value is -0.980. The molecule has 0 fully saturated rings. The van der Waals surface area contributed by atoms with Crippen LogP contribution in [0.1, 0.15) is 70.2 Å². The van der Waals surface area contributed by atoms with Crippen LogP contribution in [0.25, 0.3) is 11.1 Å². The predicted octanol–water partition coefficient (Wildman–Crippen LogP) is 8.11. The number of benzene rings is 2. The zero-order valence-corrected chi connectivity index (χ0v) is 23.5. The van der Waals surface area contributed by atoms with Gasteiger partial charge in [0.1, 0.15) is 0 Å². The Morgan fingerprint density at radius 1 is 0.900 bits per heavy atom. The quantitative estimate of drug-likeness (QED) is 0.220. The Morgan fingerprint density at radius 2 is 1.53 bits per heavy atom. The monoisotopic (exact) mass is 490 g/mol. The van der Waals surface area contributed by atoms with E-state index in [1.54, 1.807) is 23.3 Å². The summed E-state index contributed by atoms with van der Waals surface area (Å²) >= 11 is 1.77. The molecule has 0 bridgehead atoms. The van der Waals surface area contributed by atoms with Gasteiger partial charge in [-0.1, -0.05) is 36.2 Å². The van der Waals surface area contributed by atoms with E-state index in [0.717, 1.165) is 12.8 Å². The molecule has 0 radical (unpaired) electrons. The molecule has 2 aromatic carbocycles. The smallest absolute Gasteiger partial charge is 0.0253 e. The molecule has 0 aromatic heterocycles. The zero-order chi connectivity index (χ0) is 22.5. The van der Waals surface area contributed by atoms with Gasteiger partial charge in [0.2, 0.25) is 0 Å². The molecule has 0 saturated heterocycles. The number of rotatable bonds is 0. The Bertz CT molecular complexity index is 874. The van der Waals surface area contributed by atoms with E-state index in [4.69, 9.17) is 0 Å². The van der Waals surface area contributed by atoms with Crippen molar-refractivity contribution in [3.8, 4) is 11.1 Å². The van der Waals surface area contributed by atoms with Gasteiger partial charge in [-0.15, -0.1) is 17.5 Å². The minimum absolute atomic E-state index is 0.131. The van der Waals surface area contributed by atoms with Crippen molar-refractivity contribution in [1.82, 2.24) is 0 Å². The minimum Gasteiger partial charge on any atom is -0.273 e. The summed E-state index contributed by atoms with van der Waals surface area (Å²) in [6.45, 7) is 18.5. The van der Waals surface area contributed by atoms with Crippen molar-refractivity contribution in [3.63, 3.8) is 0 Å². The topological polar surface area (TPSA) is 0 Å². The van der Waals surface area contributed by atoms with Crippen molar-refractivity contribution in [2.75, 3.05) is 0 Å². The molecule has 0 aliphatic heterocycles. The Balaban J connectivity index is 0.000000184. The molecule has 0 nitrogen and oxygen atoms in total. The summed E-state index contributed by atoms with van der Waals surface area (Å²) in [6.07, 6.45) is 11.0. The fraction of sp³-hybridized carbons (Fsp3) is 0.429. The molecule has 0 unspecified atom stereocenters. The van der Waals surface area contributed by atoms with Crippen LogP contribution in [-0.2, 0) is 29.8 Å². The molecule has 30 heavy (non-hydrogen) atoms. The van der Waals surface area contributed by atoms with E-state index >= 15 is 0 Å². The molecule has 2 aliphatic carbocycles. The van der Waals surface area contributed by atoms with E-state index in [1.165, 1.54) is 33.4 Å². The van der Waals surface area contributed by atoms with E-state index < -0.39 is 0 Å². The number of aryl methyl sites for hydroxylation is 2. The molecule has 4 rings (SSSR count). The average molecular weight is 492 g/mol. The van der Waals surface area contributed by atoms with Crippen LogP contribution in [0.5, 0.6) is 0 Å². The van der Waals surface area contributed by atoms with Gasteiger partial charge in [0.15, 0.2) is 0 Å². The first-order chi connectivity index (χ1) is 13.9. The fourth-order valence-corrected chi connectivity index (χ4v) is 6.08. The van der Waals surface area contributed by atoms with Crippen molar-refractivity contribution < 1.29 is 23.3 Å². The molecule has 2 heteroatoms. The number of hydrogen-bond acceptors (Lipinski definition) is 0. The first-order valence-corrected chi connectivity index (χ1v) is 16.0. The molecule has 2 aliphatic rings. The summed E-state index contributed by atoms with van der Waals surface area (Å²) in [5.74, 6) is 0. The minimum atomic E-state index is -0.131. The SMILES string of the molecule is CC(C)(C)[Si](=[Zr+2])C(C)(C)C.Cc1[c-]c2c(cc1)-c1ccc(C)cc1C2.[C-]1=CC=CC1. The van der Waals surface area contributed by atoms with Gasteiger partial charge in [0, 0.05) is 0 Å². The van der Waals surface area contributed by atoms with Crippen molar-refractivity contribution in [3.05, 3.63) is 83.0 Å². The van der Waals surface area contributed by atoms with Crippen LogP contribution in [-0.4, -0.2) is 5.43 Å². The van der Waals surface area contributed by atoms with Gasteiger partial charge >= 0.3 is 80.4 Å². The molecule has 0 heterocycles. The third-order valence-electron chi connectivity index (χ3n) is 5.18. The van der Waals surface area contributed by atoms with Crippen molar-refractivity contribution in [1.29, 1.82) is 0 Å². The summed E-state index contributed by atoms with van der Waals surface area (Å²) in [5.41, 5.74) is 8.02. The van der Waals surface area contributed by atoms with Crippen LogP contribution in [0.15, 0.2) is 48.6 Å². The summed E-state index contributed by atoms with van der Waals surface area (Å²) in [6, 6.07) is 14.5. The molecule has 156 valence electrons. The maximum absolute atomic E-state index is 3.45.